The summed E-state index contributed by atoms with van der Waals surface area (Å²) in [5.41, 5.74) is 5.48. The van der Waals surface area contributed by atoms with Gasteiger partial charge in [-0.1, -0.05) is 94.9 Å². The van der Waals surface area contributed by atoms with Crippen LogP contribution in [-0.4, -0.2) is 134 Å². The lowest BCUT2D eigenvalue weighted by molar-refractivity contribution is -0.104. The fourth-order valence-corrected chi connectivity index (χ4v) is 13.7. The van der Waals surface area contributed by atoms with E-state index in [1.165, 1.54) is 126 Å². The van der Waals surface area contributed by atoms with Crippen molar-refractivity contribution in [3.8, 4) is 0 Å². The predicted molar refractivity (Wildman–Crippen MR) is 328 cm³/mol. The average molecular weight is 1070 g/mol. The number of rotatable bonds is 13. The number of nitrogens with two attached hydrogens (primary N) is 1. The Balaban J connectivity index is 0.000000255. The number of nitrogens with zero attached hydrogens (tertiary/aromatic N) is 5. The Bertz CT molecular complexity index is 2110. The summed E-state index contributed by atoms with van der Waals surface area (Å²) in [6.07, 6.45) is 12.7. The first-order chi connectivity index (χ1) is 35.4. The molecule has 2 N–H and O–H groups in total. The number of sulfone groups is 1. The molecular weight excluding hydrogens is 957 g/mol. The van der Waals surface area contributed by atoms with E-state index in [2.05, 4.69) is 184 Å². The first kappa shape index (κ1) is 67.6. The number of aryl methyl sites for hydroxylation is 3. The van der Waals surface area contributed by atoms with Gasteiger partial charge in [0.25, 0.3) is 0 Å². The van der Waals surface area contributed by atoms with Crippen molar-refractivity contribution in [1.82, 2.24) is 24.5 Å². The van der Waals surface area contributed by atoms with E-state index in [9.17, 15) is 8.42 Å². The maximum Gasteiger partial charge on any atom is 0.182 e. The van der Waals surface area contributed by atoms with Crippen LogP contribution in [-0.2, 0) is 26.7 Å². The van der Waals surface area contributed by atoms with Gasteiger partial charge in [-0.25, -0.2) is 14.3 Å². The molecule has 0 aromatic heterocycles. The van der Waals surface area contributed by atoms with Gasteiger partial charge in [0.1, 0.15) is 5.60 Å². The van der Waals surface area contributed by atoms with Crippen LogP contribution in [0.3, 0.4) is 0 Å². The lowest BCUT2D eigenvalue weighted by atomic mass is 9.75. The summed E-state index contributed by atoms with van der Waals surface area (Å²) in [5, 5.41) is -0.243. The second-order valence-corrected chi connectivity index (χ2v) is 27.9. The molecule has 0 radical (unpaired) electrons. The highest BCUT2D eigenvalue weighted by Gasteiger charge is 2.42. The molecule has 0 saturated carbocycles. The second-order valence-electron chi connectivity index (χ2n) is 25.7. The van der Waals surface area contributed by atoms with Crippen LogP contribution in [0, 0.1) is 37.0 Å². The number of piperidine rings is 3. The molecule has 76 heavy (non-hydrogen) atoms. The molecule has 0 spiro atoms. The van der Waals surface area contributed by atoms with Crippen molar-refractivity contribution in [2.75, 3.05) is 65.4 Å². The minimum atomic E-state index is -3.15. The van der Waals surface area contributed by atoms with Gasteiger partial charge in [0, 0.05) is 55.8 Å². The Morgan fingerprint density at radius 1 is 0.592 bits per heavy atom. The van der Waals surface area contributed by atoms with Gasteiger partial charge >= 0.3 is 0 Å². The van der Waals surface area contributed by atoms with Crippen LogP contribution in [0.5, 0.6) is 0 Å². The zero-order valence-electron chi connectivity index (χ0n) is 50.8. The molecule has 5 aliphatic rings. The molecule has 0 aliphatic carbocycles. The van der Waals surface area contributed by atoms with Crippen LogP contribution in [0.4, 0.5) is 0 Å². The van der Waals surface area contributed by atoms with Crippen molar-refractivity contribution >= 4 is 9.84 Å². The third-order valence-electron chi connectivity index (χ3n) is 17.8. The molecule has 9 nitrogen and oxygen atoms in total. The Morgan fingerprint density at radius 2 is 1.05 bits per heavy atom. The summed E-state index contributed by atoms with van der Waals surface area (Å²) in [5.74, 6) is 8.13. The number of hydrogen-bond acceptors (Lipinski definition) is 9. The van der Waals surface area contributed by atoms with Crippen LogP contribution < -0.4 is 5.90 Å². The third-order valence-corrected chi connectivity index (χ3v) is 20.0. The molecule has 5 aliphatic heterocycles. The Hall–Kier alpha value is -2.67. The van der Waals surface area contributed by atoms with Crippen molar-refractivity contribution in [3.63, 3.8) is 0 Å². The first-order valence-electron chi connectivity index (χ1n) is 29.9. The lowest BCUT2D eigenvalue weighted by Gasteiger charge is -2.44. The standard InChI is InChI=1S/C18H30N2O.C15H23N.C13H19NO2S.C10H21N.C9H19N.CH4/c1-13(2)20-11-7-10-16(12-20)18(5,21-19)17-14(3)8-6-9-15(17)4;1-13(2)16-11-10-15(12-16)9-8-14-6-4-3-5-7-14;1-11(2)14-9-8-13(10-14)17(15,16)12-6-4-3-5-7-12;1-9(2)11-7-5-10(3,4)6-8-11;1-8(2)10-6-4-9(3)5-7-10;/h6,8-9,13,16H,7,10-12,19H2,1-5H3;3-7,13,15H,8-12H2,1-2H3;3-7,11,13H,8-10H2,1-2H3;9H,5-8H2,1-4H3;8-9H,4-7H2,1-3H3;1H4. The minimum Gasteiger partial charge on any atom is -0.301 e. The van der Waals surface area contributed by atoms with Crippen LogP contribution >= 0.6 is 0 Å². The highest BCUT2D eigenvalue weighted by atomic mass is 32.2. The quantitative estimate of drug-likeness (QED) is 0.168. The summed E-state index contributed by atoms with van der Waals surface area (Å²) >= 11 is 0. The Kier molecular flexibility index (Phi) is 29.0. The molecule has 5 saturated heterocycles. The van der Waals surface area contributed by atoms with E-state index in [4.69, 9.17) is 10.7 Å². The highest BCUT2D eigenvalue weighted by Crippen LogP contribution is 2.41. The van der Waals surface area contributed by atoms with Gasteiger partial charge in [-0.15, -0.1) is 0 Å². The lowest BCUT2D eigenvalue weighted by Crippen LogP contribution is -2.49. The smallest absolute Gasteiger partial charge is 0.182 e. The monoisotopic (exact) mass is 1070 g/mol. The van der Waals surface area contributed by atoms with E-state index in [1.807, 2.05) is 6.07 Å². The maximum absolute atomic E-state index is 12.4. The van der Waals surface area contributed by atoms with Gasteiger partial charge in [-0.2, -0.15) is 0 Å². The molecule has 5 heterocycles. The highest BCUT2D eigenvalue weighted by molar-refractivity contribution is 7.92. The third kappa shape index (κ3) is 21.1. The van der Waals surface area contributed by atoms with Gasteiger partial charge in [-0.05, 0) is 252 Å². The molecule has 4 atom stereocenters. The summed E-state index contributed by atoms with van der Waals surface area (Å²) < 4.78 is 24.8. The molecule has 10 heteroatoms. The molecule has 3 aromatic carbocycles. The van der Waals surface area contributed by atoms with Crippen LogP contribution in [0.1, 0.15) is 184 Å². The normalized spacial score (nSPS) is 22.9. The van der Waals surface area contributed by atoms with E-state index in [-0.39, 0.29) is 12.7 Å². The molecule has 0 amide bonds. The van der Waals surface area contributed by atoms with Crippen molar-refractivity contribution in [2.45, 2.75) is 228 Å². The van der Waals surface area contributed by atoms with Crippen molar-refractivity contribution in [1.29, 1.82) is 0 Å². The molecule has 8 rings (SSSR count). The maximum atomic E-state index is 12.4. The van der Waals surface area contributed by atoms with Crippen molar-refractivity contribution < 1.29 is 13.3 Å². The van der Waals surface area contributed by atoms with Crippen LogP contribution in [0.2, 0.25) is 0 Å². The second kappa shape index (κ2) is 32.6. The van der Waals surface area contributed by atoms with Gasteiger partial charge in [-0.3, -0.25) is 9.74 Å². The summed E-state index contributed by atoms with van der Waals surface area (Å²) in [6, 6.07) is 29.3. The van der Waals surface area contributed by atoms with Crippen molar-refractivity contribution in [2.24, 2.45) is 29.1 Å². The Morgan fingerprint density at radius 3 is 1.54 bits per heavy atom. The topological polar surface area (TPSA) is 85.6 Å². The summed E-state index contributed by atoms with van der Waals surface area (Å²) in [6.45, 7) is 47.7. The Labute approximate surface area is 469 Å². The van der Waals surface area contributed by atoms with Crippen LogP contribution in [0.15, 0.2) is 83.8 Å². The van der Waals surface area contributed by atoms with E-state index in [0.29, 0.717) is 34.9 Å². The predicted octanol–water partition coefficient (Wildman–Crippen LogP) is 14.1. The molecular formula is C66H116N6O3S. The van der Waals surface area contributed by atoms with Gasteiger partial charge in [0.15, 0.2) is 9.84 Å². The fourth-order valence-electron chi connectivity index (χ4n) is 11.9. The SMILES string of the molecule is C.CC(C)N1CCC(C)(C)CC1.CC(C)N1CCC(CCc2ccccc2)C1.CC(C)N1CCC(S(=O)(=O)c2ccccc2)C1.CC1CCN(C(C)C)CC1.Cc1cccc(C)c1C(C)(ON)C1CCCN(C(C)C)C1. The van der Waals surface area contributed by atoms with Crippen LogP contribution in [0.25, 0.3) is 0 Å². The average Bonchev–Trinajstić information content (AvgIpc) is 4.10. The van der Waals surface area contributed by atoms with Crippen molar-refractivity contribution in [3.05, 3.63) is 101 Å². The van der Waals surface area contributed by atoms with Gasteiger partial charge in [0.2, 0.25) is 0 Å². The molecule has 3 aromatic rings. The van der Waals surface area contributed by atoms with E-state index in [1.54, 1.807) is 24.3 Å². The zero-order chi connectivity index (χ0) is 55.5. The van der Waals surface area contributed by atoms with E-state index in [0.717, 1.165) is 49.5 Å². The van der Waals surface area contributed by atoms with E-state index >= 15 is 0 Å². The van der Waals surface area contributed by atoms with E-state index < -0.39 is 15.4 Å². The number of likely N-dealkylation sites (tertiary alicyclic amines) is 5. The summed E-state index contributed by atoms with van der Waals surface area (Å²) in [4.78, 5) is 18.6. The first-order valence-corrected chi connectivity index (χ1v) is 31.4. The summed E-state index contributed by atoms with van der Waals surface area (Å²) in [7, 11) is -3.15. The number of hydrogen-bond donors (Lipinski definition) is 1. The molecule has 0 bridgehead atoms. The molecule has 434 valence electrons. The number of benzene rings is 3. The van der Waals surface area contributed by atoms with Gasteiger partial charge < -0.3 is 19.6 Å². The molecule has 5 fully saturated rings. The zero-order valence-corrected chi connectivity index (χ0v) is 51.6. The van der Waals surface area contributed by atoms with Gasteiger partial charge in [0.05, 0.1) is 10.1 Å². The molecule has 4 unspecified atom stereocenters. The fraction of sp³-hybridized carbons (Fsp3) is 0.727. The minimum absolute atomic E-state index is 0. The largest absolute Gasteiger partial charge is 0.301 e.